The number of primary sulfonamides is 1. The van der Waals surface area contributed by atoms with Crippen LogP contribution in [0.5, 0.6) is 0 Å². The second-order valence-corrected chi connectivity index (χ2v) is 8.48. The summed E-state index contributed by atoms with van der Waals surface area (Å²) in [5.41, 5.74) is 0.277. The predicted octanol–water partition coefficient (Wildman–Crippen LogP) is 1.64. The lowest BCUT2D eigenvalue weighted by atomic mass is 9.89. The number of ether oxygens (including phenoxy) is 1. The fourth-order valence-corrected chi connectivity index (χ4v) is 4.40. The minimum absolute atomic E-state index is 0.0975. The average molecular weight is 366 g/mol. The molecule has 0 aromatic heterocycles. The summed E-state index contributed by atoms with van der Waals surface area (Å²) in [6, 6.07) is 5.61. The van der Waals surface area contributed by atoms with Crippen molar-refractivity contribution in [1.29, 1.82) is 0 Å². The van der Waals surface area contributed by atoms with Gasteiger partial charge in [-0.1, -0.05) is 12.5 Å². The Morgan fingerprint density at radius 2 is 2.04 bits per heavy atom. The Labute approximate surface area is 147 Å². The number of nitrogens with one attached hydrogen (secondary N) is 1. The van der Waals surface area contributed by atoms with Crippen LogP contribution in [0.4, 0.5) is 5.69 Å². The lowest BCUT2D eigenvalue weighted by Crippen LogP contribution is -2.33. The van der Waals surface area contributed by atoms with Crippen molar-refractivity contribution in [2.45, 2.75) is 43.6 Å². The van der Waals surface area contributed by atoms with E-state index in [1.165, 1.54) is 37.6 Å². The zero-order valence-corrected chi connectivity index (χ0v) is 14.8. The summed E-state index contributed by atoms with van der Waals surface area (Å²) in [7, 11) is -3.85. The van der Waals surface area contributed by atoms with Crippen molar-refractivity contribution in [3.8, 4) is 0 Å². The van der Waals surface area contributed by atoms with E-state index in [1.54, 1.807) is 0 Å². The third-order valence-electron chi connectivity index (χ3n) is 5.13. The molecular formula is C17H22N2O5S. The Morgan fingerprint density at radius 1 is 1.28 bits per heavy atom. The molecule has 1 amide bonds. The van der Waals surface area contributed by atoms with Crippen molar-refractivity contribution in [3.05, 3.63) is 24.3 Å². The summed E-state index contributed by atoms with van der Waals surface area (Å²) >= 11 is 0. The second kappa shape index (κ2) is 6.76. The second-order valence-electron chi connectivity index (χ2n) is 6.92. The van der Waals surface area contributed by atoms with Gasteiger partial charge in [0.1, 0.15) is 0 Å². The summed E-state index contributed by atoms with van der Waals surface area (Å²) in [4.78, 5) is 24.4. The summed E-state index contributed by atoms with van der Waals surface area (Å²) in [5, 5.41) is 7.62. The molecule has 2 aliphatic rings. The highest BCUT2D eigenvalue weighted by atomic mass is 32.2. The van der Waals surface area contributed by atoms with Gasteiger partial charge in [0.15, 0.2) is 6.10 Å². The van der Waals surface area contributed by atoms with Gasteiger partial charge in [0.2, 0.25) is 10.0 Å². The summed E-state index contributed by atoms with van der Waals surface area (Å²) in [6.07, 6.45) is 3.23. The van der Waals surface area contributed by atoms with E-state index in [2.05, 4.69) is 5.32 Å². The van der Waals surface area contributed by atoms with Crippen LogP contribution in [-0.4, -0.2) is 26.4 Å². The quantitative estimate of drug-likeness (QED) is 0.769. The molecule has 2 aliphatic carbocycles. The Kier molecular flexibility index (Phi) is 4.83. The fraction of sp³-hybridized carbons (Fsp3) is 0.529. The number of esters is 1. The zero-order chi connectivity index (χ0) is 18.2. The van der Waals surface area contributed by atoms with Crippen LogP contribution in [0.15, 0.2) is 29.2 Å². The molecule has 2 fully saturated rings. The van der Waals surface area contributed by atoms with Gasteiger partial charge in [-0.05, 0) is 56.2 Å². The van der Waals surface area contributed by atoms with Crippen molar-refractivity contribution in [3.63, 3.8) is 0 Å². The number of rotatable bonds is 5. The molecule has 25 heavy (non-hydrogen) atoms. The first-order valence-corrected chi connectivity index (χ1v) is 9.93. The van der Waals surface area contributed by atoms with Gasteiger partial charge in [-0.2, -0.15) is 0 Å². The van der Waals surface area contributed by atoms with Gasteiger partial charge < -0.3 is 10.1 Å². The van der Waals surface area contributed by atoms with Crippen LogP contribution < -0.4 is 10.5 Å². The average Bonchev–Trinajstić information content (AvgIpc) is 3.17. The number of nitrogens with two attached hydrogens (primary N) is 1. The minimum Gasteiger partial charge on any atom is -0.452 e. The molecule has 1 aromatic rings. The molecule has 3 rings (SSSR count). The van der Waals surface area contributed by atoms with Gasteiger partial charge in [-0.15, -0.1) is 0 Å². The number of hydrogen-bond donors (Lipinski definition) is 2. The number of carbonyl (C=O) groups is 2. The molecule has 0 spiro atoms. The molecule has 0 aliphatic heterocycles. The monoisotopic (exact) mass is 366 g/mol. The van der Waals surface area contributed by atoms with Gasteiger partial charge in [0.25, 0.3) is 5.91 Å². The van der Waals surface area contributed by atoms with Crippen LogP contribution in [0, 0.1) is 17.8 Å². The first kappa shape index (κ1) is 17.9. The Bertz CT molecular complexity index is 792. The summed E-state index contributed by atoms with van der Waals surface area (Å²) < 4.78 is 28.0. The molecule has 0 saturated heterocycles. The normalized spacial score (nSPS) is 26.2. The number of sulfonamides is 1. The topological polar surface area (TPSA) is 116 Å². The van der Waals surface area contributed by atoms with Crippen molar-refractivity contribution in [1.82, 2.24) is 0 Å². The van der Waals surface area contributed by atoms with Crippen molar-refractivity contribution >= 4 is 27.6 Å². The zero-order valence-electron chi connectivity index (χ0n) is 14.0. The van der Waals surface area contributed by atoms with Crippen LogP contribution in [0.1, 0.15) is 32.6 Å². The van der Waals surface area contributed by atoms with Gasteiger partial charge >= 0.3 is 5.97 Å². The molecule has 0 unspecified atom stereocenters. The standard InChI is InChI=1S/C17H22N2O5S/c1-10(24-17(21)15-8-11-5-6-12(15)7-11)16(20)19-13-3-2-4-14(9-13)25(18,22)23/h2-4,9-12,15H,5-8H2,1H3,(H,19,20)(H2,18,22,23)/t10-,11-,12-,15+/m0/s1. The highest BCUT2D eigenvalue weighted by Gasteiger charge is 2.44. The maximum atomic E-state index is 12.3. The lowest BCUT2D eigenvalue weighted by molar-refractivity contribution is -0.158. The third kappa shape index (κ3) is 4.01. The van der Waals surface area contributed by atoms with Gasteiger partial charge in [0.05, 0.1) is 10.8 Å². The highest BCUT2D eigenvalue weighted by Crippen LogP contribution is 2.48. The smallest absolute Gasteiger partial charge is 0.309 e. The molecule has 7 nitrogen and oxygen atoms in total. The van der Waals surface area contributed by atoms with E-state index in [1.807, 2.05) is 0 Å². The Morgan fingerprint density at radius 3 is 2.64 bits per heavy atom. The van der Waals surface area contributed by atoms with Gasteiger partial charge in [-0.3, -0.25) is 9.59 Å². The first-order valence-electron chi connectivity index (χ1n) is 8.38. The molecule has 0 radical (unpaired) electrons. The third-order valence-corrected chi connectivity index (χ3v) is 6.04. The maximum absolute atomic E-state index is 12.3. The van der Waals surface area contributed by atoms with Crippen LogP contribution in [0.2, 0.25) is 0 Å². The van der Waals surface area contributed by atoms with Crippen LogP contribution >= 0.6 is 0 Å². The molecule has 2 saturated carbocycles. The van der Waals surface area contributed by atoms with Gasteiger partial charge in [0, 0.05) is 5.69 Å². The molecule has 0 heterocycles. The fourth-order valence-electron chi connectivity index (χ4n) is 3.84. The number of benzene rings is 1. The summed E-state index contributed by atoms with van der Waals surface area (Å²) in [6.45, 7) is 1.50. The van der Waals surface area contributed by atoms with Gasteiger partial charge in [-0.25, -0.2) is 13.6 Å². The largest absolute Gasteiger partial charge is 0.452 e. The van der Waals surface area contributed by atoms with Crippen molar-refractivity contribution in [2.24, 2.45) is 22.9 Å². The number of carbonyl (C=O) groups excluding carboxylic acids is 2. The number of amides is 1. The molecular weight excluding hydrogens is 344 g/mol. The van der Waals surface area contributed by atoms with E-state index in [4.69, 9.17) is 9.88 Å². The Balaban J connectivity index is 1.58. The first-order chi connectivity index (χ1) is 11.7. The molecule has 3 N–H and O–H groups in total. The molecule has 1 aromatic carbocycles. The summed E-state index contributed by atoms with van der Waals surface area (Å²) in [5.74, 6) is 0.0859. The van der Waals surface area contributed by atoms with Crippen LogP contribution in [0.25, 0.3) is 0 Å². The highest BCUT2D eigenvalue weighted by molar-refractivity contribution is 7.89. The van der Waals surface area contributed by atoms with Crippen LogP contribution in [-0.2, 0) is 24.3 Å². The number of anilines is 1. The lowest BCUT2D eigenvalue weighted by Gasteiger charge is -2.22. The SMILES string of the molecule is C[C@H](OC(=O)[C@@H]1C[C@H]2CC[C@H]1C2)C(=O)Nc1cccc(S(N)(=O)=O)c1. The molecule has 8 heteroatoms. The maximum Gasteiger partial charge on any atom is 0.309 e. The minimum atomic E-state index is -3.85. The van der Waals surface area contributed by atoms with Crippen molar-refractivity contribution in [2.75, 3.05) is 5.32 Å². The Hall–Kier alpha value is -1.93. The van der Waals surface area contributed by atoms with Crippen molar-refractivity contribution < 1.29 is 22.7 Å². The number of fused-ring (bicyclic) bond motifs is 2. The van der Waals surface area contributed by atoms with Crippen LogP contribution in [0.3, 0.4) is 0 Å². The van der Waals surface area contributed by atoms with E-state index in [-0.39, 0.29) is 22.5 Å². The van der Waals surface area contributed by atoms with E-state index < -0.39 is 22.0 Å². The molecule has 4 atom stereocenters. The van der Waals surface area contributed by atoms with E-state index in [0.717, 1.165) is 19.3 Å². The molecule has 136 valence electrons. The van der Waals surface area contributed by atoms with E-state index >= 15 is 0 Å². The predicted molar refractivity (Wildman–Crippen MR) is 90.9 cm³/mol. The number of hydrogen-bond acceptors (Lipinski definition) is 5. The van der Waals surface area contributed by atoms with E-state index in [0.29, 0.717) is 11.8 Å². The van der Waals surface area contributed by atoms with E-state index in [9.17, 15) is 18.0 Å². The molecule has 2 bridgehead atoms.